The Morgan fingerprint density at radius 1 is 1.06 bits per heavy atom. The minimum absolute atomic E-state index is 0.162. The molecule has 202 valence electrons. The molecule has 4 atom stereocenters. The zero-order valence-corrected chi connectivity index (χ0v) is 21.6. The highest BCUT2D eigenvalue weighted by molar-refractivity contribution is 5.88. The van der Waals surface area contributed by atoms with E-state index in [1.165, 1.54) is 0 Å². The number of methoxy groups -OCH3 is 2. The van der Waals surface area contributed by atoms with Gasteiger partial charge in [-0.1, -0.05) is 37.3 Å². The average Bonchev–Trinajstić information content (AvgIpc) is 3.36. The molecular weight excluding hydrogens is 466 g/mol. The van der Waals surface area contributed by atoms with E-state index < -0.39 is 18.1 Å². The van der Waals surface area contributed by atoms with Crippen LogP contribution in [0.2, 0.25) is 0 Å². The fraction of sp³-hybridized carbons (Fsp3) is 0.654. The second kappa shape index (κ2) is 17.0. The number of nitrogens with zero attached hydrogens (tertiary/aromatic N) is 1. The molecule has 0 spiro atoms. The first-order chi connectivity index (χ1) is 17.5. The van der Waals surface area contributed by atoms with Crippen molar-refractivity contribution in [1.29, 1.82) is 0 Å². The van der Waals surface area contributed by atoms with E-state index in [1.807, 2.05) is 30.3 Å². The summed E-state index contributed by atoms with van der Waals surface area (Å²) in [5, 5.41) is 5.75. The molecule has 0 aliphatic carbocycles. The lowest BCUT2D eigenvalue weighted by atomic mass is 9.94. The molecule has 0 bridgehead atoms. The van der Waals surface area contributed by atoms with Crippen LogP contribution in [0, 0.1) is 5.92 Å². The number of carbonyl (C=O) groups excluding carboxylic acids is 3. The van der Waals surface area contributed by atoms with E-state index >= 15 is 0 Å². The first-order valence-electron chi connectivity index (χ1n) is 12.5. The summed E-state index contributed by atoms with van der Waals surface area (Å²) < 4.78 is 21.4. The van der Waals surface area contributed by atoms with Gasteiger partial charge in [0.25, 0.3) is 0 Å². The van der Waals surface area contributed by atoms with Crippen LogP contribution in [0.3, 0.4) is 0 Å². The number of benzene rings is 1. The van der Waals surface area contributed by atoms with E-state index in [4.69, 9.17) is 18.9 Å². The van der Waals surface area contributed by atoms with Crippen molar-refractivity contribution in [1.82, 2.24) is 15.5 Å². The minimum Gasteiger partial charge on any atom is -0.382 e. The Bertz CT molecular complexity index is 780. The highest BCUT2D eigenvalue weighted by Crippen LogP contribution is 2.25. The molecule has 10 heteroatoms. The highest BCUT2D eigenvalue weighted by atomic mass is 16.5. The van der Waals surface area contributed by atoms with E-state index in [0.717, 1.165) is 24.8 Å². The molecule has 1 heterocycles. The molecule has 1 fully saturated rings. The summed E-state index contributed by atoms with van der Waals surface area (Å²) in [6.07, 6.45) is 2.35. The Kier molecular flexibility index (Phi) is 14.0. The Morgan fingerprint density at radius 2 is 1.75 bits per heavy atom. The number of nitrogens with one attached hydrogen (secondary N) is 2. The summed E-state index contributed by atoms with van der Waals surface area (Å²) in [7, 11) is 3.16. The average molecular weight is 508 g/mol. The van der Waals surface area contributed by atoms with Crippen LogP contribution in [0.15, 0.2) is 30.3 Å². The van der Waals surface area contributed by atoms with Crippen molar-refractivity contribution in [2.24, 2.45) is 5.92 Å². The summed E-state index contributed by atoms with van der Waals surface area (Å²) >= 11 is 0. The third-order valence-electron chi connectivity index (χ3n) is 6.30. The van der Waals surface area contributed by atoms with Crippen LogP contribution in [0.1, 0.15) is 25.3 Å². The van der Waals surface area contributed by atoms with Gasteiger partial charge >= 0.3 is 0 Å². The molecule has 4 unspecified atom stereocenters. The van der Waals surface area contributed by atoms with E-state index in [2.05, 4.69) is 10.6 Å². The number of hydrogen-bond acceptors (Lipinski definition) is 7. The van der Waals surface area contributed by atoms with Crippen LogP contribution in [0.4, 0.5) is 0 Å². The fourth-order valence-electron chi connectivity index (χ4n) is 4.34. The second-order valence-corrected chi connectivity index (χ2v) is 8.80. The summed E-state index contributed by atoms with van der Waals surface area (Å²) in [6.45, 7) is 4.97. The van der Waals surface area contributed by atoms with Crippen LogP contribution < -0.4 is 10.6 Å². The molecule has 0 saturated carbocycles. The molecule has 36 heavy (non-hydrogen) atoms. The summed E-state index contributed by atoms with van der Waals surface area (Å²) in [6, 6.07) is 8.60. The monoisotopic (exact) mass is 507 g/mol. The second-order valence-electron chi connectivity index (χ2n) is 8.80. The lowest BCUT2D eigenvalue weighted by Gasteiger charge is -2.32. The Hall–Kier alpha value is -2.53. The van der Waals surface area contributed by atoms with Crippen LogP contribution in [-0.4, -0.2) is 102 Å². The third kappa shape index (κ3) is 9.85. The molecule has 3 amide bonds. The van der Waals surface area contributed by atoms with Gasteiger partial charge in [0.2, 0.25) is 18.2 Å². The van der Waals surface area contributed by atoms with E-state index in [0.29, 0.717) is 52.5 Å². The van der Waals surface area contributed by atoms with Crippen molar-refractivity contribution in [3.63, 3.8) is 0 Å². The molecular formula is C26H41N3O7. The first-order valence-corrected chi connectivity index (χ1v) is 12.5. The van der Waals surface area contributed by atoms with Gasteiger partial charge in [-0.15, -0.1) is 0 Å². The van der Waals surface area contributed by atoms with Crippen molar-refractivity contribution in [2.75, 3.05) is 60.3 Å². The Labute approximate surface area is 214 Å². The topological polar surface area (TPSA) is 115 Å². The quantitative estimate of drug-likeness (QED) is 0.223. The first kappa shape index (κ1) is 29.7. The molecule has 1 saturated heterocycles. The predicted molar refractivity (Wildman–Crippen MR) is 134 cm³/mol. The summed E-state index contributed by atoms with van der Waals surface area (Å²) in [5.41, 5.74) is 0.932. The zero-order valence-electron chi connectivity index (χ0n) is 21.6. The number of amides is 3. The van der Waals surface area contributed by atoms with Crippen molar-refractivity contribution < 1.29 is 33.3 Å². The molecule has 1 aromatic carbocycles. The van der Waals surface area contributed by atoms with Gasteiger partial charge in [-0.05, 0) is 18.4 Å². The van der Waals surface area contributed by atoms with Gasteiger partial charge in [0, 0.05) is 33.7 Å². The van der Waals surface area contributed by atoms with E-state index in [9.17, 15) is 14.4 Å². The maximum absolute atomic E-state index is 13.2. The number of carbonyl (C=O) groups is 3. The van der Waals surface area contributed by atoms with Crippen LogP contribution in [0.25, 0.3) is 0 Å². The fourth-order valence-corrected chi connectivity index (χ4v) is 4.34. The van der Waals surface area contributed by atoms with Crippen molar-refractivity contribution >= 4 is 18.2 Å². The van der Waals surface area contributed by atoms with E-state index in [1.54, 1.807) is 26.0 Å². The number of hydrogen-bond donors (Lipinski definition) is 2. The van der Waals surface area contributed by atoms with Gasteiger partial charge in [0.1, 0.15) is 6.04 Å². The smallest absolute Gasteiger partial charge is 0.243 e. The molecule has 10 nitrogen and oxygen atoms in total. The van der Waals surface area contributed by atoms with Crippen LogP contribution >= 0.6 is 0 Å². The number of ether oxygens (including phenoxy) is 4. The normalized spacial score (nSPS) is 17.9. The largest absolute Gasteiger partial charge is 0.382 e. The maximum atomic E-state index is 13.2. The molecule has 1 aliphatic rings. The third-order valence-corrected chi connectivity index (χ3v) is 6.30. The lowest BCUT2D eigenvalue weighted by molar-refractivity contribution is -0.136. The van der Waals surface area contributed by atoms with Crippen LogP contribution in [0.5, 0.6) is 0 Å². The van der Waals surface area contributed by atoms with Gasteiger partial charge in [-0.25, -0.2) is 0 Å². The highest BCUT2D eigenvalue weighted by Gasteiger charge is 2.38. The maximum Gasteiger partial charge on any atom is 0.243 e. The number of likely N-dealkylation sites (tertiary alicyclic amines) is 1. The summed E-state index contributed by atoms with van der Waals surface area (Å²) in [4.78, 5) is 39.3. The summed E-state index contributed by atoms with van der Waals surface area (Å²) in [5.74, 6) is -1.13. The standard InChI is InChI=1S/C26H41N3O7/c1-20(24(34-3)23-10-7-12-29(23)19-30)25(31)28-22(18-21-8-5-4-6-9-21)26(32)27-11-13-35-16-17-36-15-14-33-2/h4-6,8-9,19-20,22-24H,7,10-18H2,1-3H3,(H,27,32)(H,28,31). The minimum atomic E-state index is -0.761. The van der Waals surface area contributed by atoms with Crippen molar-refractivity contribution in [3.05, 3.63) is 35.9 Å². The van der Waals surface area contributed by atoms with Crippen molar-refractivity contribution in [2.45, 2.75) is 44.4 Å². The number of rotatable bonds is 18. The van der Waals surface area contributed by atoms with Gasteiger partial charge in [-0.2, -0.15) is 0 Å². The molecule has 1 aromatic rings. The molecule has 2 N–H and O–H groups in total. The molecule has 0 aromatic heterocycles. The van der Waals surface area contributed by atoms with Gasteiger partial charge < -0.3 is 34.5 Å². The van der Waals surface area contributed by atoms with Gasteiger partial charge in [0.15, 0.2) is 0 Å². The van der Waals surface area contributed by atoms with E-state index in [-0.39, 0.29) is 17.9 Å². The van der Waals surface area contributed by atoms with Gasteiger partial charge in [-0.3, -0.25) is 14.4 Å². The zero-order chi connectivity index (χ0) is 26.2. The van der Waals surface area contributed by atoms with Crippen LogP contribution in [-0.2, 0) is 39.8 Å². The molecule has 1 aliphatic heterocycles. The lowest BCUT2D eigenvalue weighted by Crippen LogP contribution is -2.53. The van der Waals surface area contributed by atoms with Crippen molar-refractivity contribution in [3.8, 4) is 0 Å². The molecule has 0 radical (unpaired) electrons. The Balaban J connectivity index is 1.91. The predicted octanol–water partition coefficient (Wildman–Crippen LogP) is 0.782. The molecule has 2 rings (SSSR count). The Morgan fingerprint density at radius 3 is 2.42 bits per heavy atom. The van der Waals surface area contributed by atoms with Gasteiger partial charge in [0.05, 0.1) is 51.1 Å². The SMILES string of the molecule is COCCOCCOCCNC(=O)C(Cc1ccccc1)NC(=O)C(C)C(OC)C1CCCN1C=O.